The molecule has 0 aliphatic rings. The summed E-state index contributed by atoms with van der Waals surface area (Å²) in [7, 11) is 1.41. The lowest BCUT2D eigenvalue weighted by Crippen LogP contribution is -2.41. The van der Waals surface area contributed by atoms with E-state index in [4.69, 9.17) is 32.7 Å². The molecule has 0 radical (unpaired) electrons. The van der Waals surface area contributed by atoms with Gasteiger partial charge in [-0.25, -0.2) is 5.43 Å². The van der Waals surface area contributed by atoms with E-state index in [2.05, 4.69) is 21.2 Å². The van der Waals surface area contributed by atoms with E-state index in [1.54, 1.807) is 31.2 Å². The third-order valence-corrected chi connectivity index (χ3v) is 5.16. The van der Waals surface area contributed by atoms with Crippen molar-refractivity contribution in [2.24, 2.45) is 5.10 Å². The molecule has 0 aliphatic heterocycles. The standard InChI is InChI=1S/C23H26Cl2N4O5/c1-5-14(3)27-22(31)23(32)29-26-11-15-8-17(25)21(19(9-15)33-4)34-12-20(30)28-18-10-16(24)7-6-13(18)2/h6-11,14H,5,12H2,1-4H3,(H,27,31)(H,28,30)(H,29,32)/b26-11-/t14-/m1/s1. The molecule has 2 aromatic rings. The molecule has 0 spiro atoms. The number of carbonyl (C=O) groups is 3. The van der Waals surface area contributed by atoms with Crippen molar-refractivity contribution in [2.45, 2.75) is 33.2 Å². The Morgan fingerprint density at radius 1 is 1.15 bits per heavy atom. The number of hydrogen-bond acceptors (Lipinski definition) is 6. The van der Waals surface area contributed by atoms with Crippen molar-refractivity contribution in [3.8, 4) is 11.5 Å². The number of aryl methyl sites for hydroxylation is 1. The van der Waals surface area contributed by atoms with Gasteiger partial charge in [-0.05, 0) is 55.7 Å². The molecular weight excluding hydrogens is 483 g/mol. The number of methoxy groups -OCH3 is 1. The van der Waals surface area contributed by atoms with Crippen LogP contribution in [-0.2, 0) is 14.4 Å². The Labute approximate surface area is 207 Å². The highest BCUT2D eigenvalue weighted by molar-refractivity contribution is 6.35. The average Bonchev–Trinajstić information content (AvgIpc) is 2.80. The number of halogens is 2. The van der Waals surface area contributed by atoms with Crippen LogP contribution in [0.25, 0.3) is 0 Å². The van der Waals surface area contributed by atoms with Gasteiger partial charge >= 0.3 is 11.8 Å². The minimum Gasteiger partial charge on any atom is -0.493 e. The van der Waals surface area contributed by atoms with Crippen LogP contribution in [-0.4, -0.2) is 43.7 Å². The molecule has 2 rings (SSSR count). The third-order valence-electron chi connectivity index (χ3n) is 4.65. The fourth-order valence-corrected chi connectivity index (χ4v) is 3.06. The molecule has 182 valence electrons. The zero-order valence-corrected chi connectivity index (χ0v) is 20.7. The third kappa shape index (κ3) is 7.93. The Bertz CT molecular complexity index is 1090. The molecule has 1 atom stereocenters. The lowest BCUT2D eigenvalue weighted by atomic mass is 10.2. The summed E-state index contributed by atoms with van der Waals surface area (Å²) in [6, 6.07) is 8.09. The van der Waals surface area contributed by atoms with Gasteiger partial charge in [0.05, 0.1) is 18.3 Å². The fraction of sp³-hybridized carbons (Fsp3) is 0.304. The van der Waals surface area contributed by atoms with Crippen LogP contribution in [0, 0.1) is 6.92 Å². The second kappa shape index (κ2) is 12.8. The van der Waals surface area contributed by atoms with Crippen LogP contribution >= 0.6 is 23.2 Å². The number of rotatable bonds is 9. The number of carbonyl (C=O) groups excluding carboxylic acids is 3. The van der Waals surface area contributed by atoms with E-state index in [0.717, 1.165) is 5.56 Å². The van der Waals surface area contributed by atoms with E-state index in [0.29, 0.717) is 22.7 Å². The predicted molar refractivity (Wildman–Crippen MR) is 132 cm³/mol. The van der Waals surface area contributed by atoms with Crippen molar-refractivity contribution >= 4 is 52.8 Å². The summed E-state index contributed by atoms with van der Waals surface area (Å²) in [4.78, 5) is 35.8. The summed E-state index contributed by atoms with van der Waals surface area (Å²) < 4.78 is 10.9. The van der Waals surface area contributed by atoms with Crippen LogP contribution < -0.4 is 25.5 Å². The topological polar surface area (TPSA) is 118 Å². The van der Waals surface area contributed by atoms with E-state index in [1.807, 2.05) is 13.8 Å². The smallest absolute Gasteiger partial charge is 0.329 e. The first-order chi connectivity index (χ1) is 16.1. The van der Waals surface area contributed by atoms with E-state index in [-0.39, 0.29) is 29.2 Å². The van der Waals surface area contributed by atoms with Gasteiger partial charge in [-0.15, -0.1) is 0 Å². The van der Waals surface area contributed by atoms with Crippen LogP contribution in [0.5, 0.6) is 11.5 Å². The largest absolute Gasteiger partial charge is 0.493 e. The summed E-state index contributed by atoms with van der Waals surface area (Å²) >= 11 is 12.3. The highest BCUT2D eigenvalue weighted by Gasteiger charge is 2.16. The van der Waals surface area contributed by atoms with Crippen LogP contribution in [0.1, 0.15) is 31.4 Å². The van der Waals surface area contributed by atoms with E-state index in [9.17, 15) is 14.4 Å². The molecule has 2 aromatic carbocycles. The van der Waals surface area contributed by atoms with Crippen molar-refractivity contribution in [3.63, 3.8) is 0 Å². The monoisotopic (exact) mass is 508 g/mol. The highest BCUT2D eigenvalue weighted by atomic mass is 35.5. The van der Waals surface area contributed by atoms with Crippen molar-refractivity contribution in [1.82, 2.24) is 10.7 Å². The normalized spacial score (nSPS) is 11.6. The number of amides is 3. The van der Waals surface area contributed by atoms with E-state index >= 15 is 0 Å². The Balaban J connectivity index is 2.01. The van der Waals surface area contributed by atoms with Gasteiger partial charge in [-0.3, -0.25) is 14.4 Å². The molecule has 11 heteroatoms. The van der Waals surface area contributed by atoms with Crippen molar-refractivity contribution < 1.29 is 23.9 Å². The summed E-state index contributed by atoms with van der Waals surface area (Å²) in [6.07, 6.45) is 1.98. The molecule has 0 saturated heterocycles. The number of hydrogen-bond donors (Lipinski definition) is 3. The molecule has 0 aliphatic carbocycles. The molecule has 0 bridgehead atoms. The Morgan fingerprint density at radius 3 is 2.56 bits per heavy atom. The zero-order chi connectivity index (χ0) is 25.3. The zero-order valence-electron chi connectivity index (χ0n) is 19.2. The first kappa shape index (κ1) is 26.9. The molecule has 0 fully saturated rings. The SMILES string of the molecule is CC[C@@H](C)NC(=O)C(=O)N/N=C\c1cc(Cl)c(OCC(=O)Nc2cc(Cl)ccc2C)c(OC)c1. The van der Waals surface area contributed by atoms with Gasteiger partial charge < -0.3 is 20.1 Å². The summed E-state index contributed by atoms with van der Waals surface area (Å²) in [5.74, 6) is -1.67. The number of ether oxygens (including phenoxy) is 2. The van der Waals surface area contributed by atoms with Gasteiger partial charge in [0, 0.05) is 16.8 Å². The maximum Gasteiger partial charge on any atom is 0.329 e. The Hall–Kier alpha value is -3.30. The number of nitrogens with zero attached hydrogens (tertiary/aromatic N) is 1. The minimum absolute atomic E-state index is 0.130. The highest BCUT2D eigenvalue weighted by Crippen LogP contribution is 2.36. The maximum atomic E-state index is 12.3. The van der Waals surface area contributed by atoms with Gasteiger partial charge in [-0.2, -0.15) is 5.10 Å². The lowest BCUT2D eigenvalue weighted by molar-refractivity contribution is -0.139. The molecule has 0 aromatic heterocycles. The molecule has 0 heterocycles. The van der Waals surface area contributed by atoms with Gasteiger partial charge in [0.15, 0.2) is 18.1 Å². The molecule has 0 saturated carbocycles. The van der Waals surface area contributed by atoms with Gasteiger partial charge in [-0.1, -0.05) is 36.2 Å². The van der Waals surface area contributed by atoms with Crippen LogP contribution in [0.2, 0.25) is 10.0 Å². The predicted octanol–water partition coefficient (Wildman–Crippen LogP) is 3.69. The number of nitrogens with one attached hydrogen (secondary N) is 3. The van der Waals surface area contributed by atoms with E-state index < -0.39 is 17.7 Å². The molecule has 0 unspecified atom stereocenters. The quantitative estimate of drug-likeness (QED) is 0.271. The van der Waals surface area contributed by atoms with E-state index in [1.165, 1.54) is 19.4 Å². The second-order valence-corrected chi connectivity index (χ2v) is 8.16. The average molecular weight is 509 g/mol. The number of hydrazone groups is 1. The first-order valence-electron chi connectivity index (χ1n) is 10.3. The van der Waals surface area contributed by atoms with Gasteiger partial charge in [0.25, 0.3) is 5.91 Å². The van der Waals surface area contributed by atoms with Gasteiger partial charge in [0.1, 0.15) is 0 Å². The van der Waals surface area contributed by atoms with Gasteiger partial charge in [0.2, 0.25) is 0 Å². The summed E-state index contributed by atoms with van der Waals surface area (Å²) in [5.41, 5.74) is 4.04. The summed E-state index contributed by atoms with van der Waals surface area (Å²) in [5, 5.41) is 9.68. The molecule has 3 N–H and O–H groups in total. The van der Waals surface area contributed by atoms with Crippen molar-refractivity contribution in [1.29, 1.82) is 0 Å². The van der Waals surface area contributed by atoms with Crippen molar-refractivity contribution in [3.05, 3.63) is 51.5 Å². The molecular formula is C23H26Cl2N4O5. The van der Waals surface area contributed by atoms with Crippen LogP contribution in [0.4, 0.5) is 5.69 Å². The fourth-order valence-electron chi connectivity index (χ4n) is 2.61. The molecule has 9 nitrogen and oxygen atoms in total. The second-order valence-electron chi connectivity index (χ2n) is 7.31. The molecule has 3 amide bonds. The lowest BCUT2D eigenvalue weighted by Gasteiger charge is -2.14. The molecule has 34 heavy (non-hydrogen) atoms. The van der Waals surface area contributed by atoms with Crippen LogP contribution in [0.3, 0.4) is 0 Å². The number of anilines is 1. The van der Waals surface area contributed by atoms with Crippen LogP contribution in [0.15, 0.2) is 35.4 Å². The minimum atomic E-state index is -0.893. The summed E-state index contributed by atoms with van der Waals surface area (Å²) in [6.45, 7) is 5.19. The van der Waals surface area contributed by atoms with Crippen molar-refractivity contribution in [2.75, 3.05) is 19.0 Å². The maximum absolute atomic E-state index is 12.3. The first-order valence-corrected chi connectivity index (χ1v) is 11.1. The number of benzene rings is 2. The Kier molecular flexibility index (Phi) is 10.2. The Morgan fingerprint density at radius 2 is 1.88 bits per heavy atom.